The standard InChI is InChI=1S/C15H14N4O/c16-9-14-7-12(1-2-18-14)13-8-15(11-17-10-13)19-3-5-20-6-4-19/h1-2,7-8,10-11H,3-6H2. The van der Waals surface area contributed by atoms with E-state index in [0.717, 1.165) is 43.1 Å². The molecule has 0 amide bonds. The molecule has 1 saturated heterocycles. The van der Waals surface area contributed by atoms with Crippen LogP contribution in [0, 0.1) is 11.3 Å². The quantitative estimate of drug-likeness (QED) is 0.830. The maximum atomic E-state index is 8.92. The predicted octanol–water partition coefficient (Wildman–Crippen LogP) is 1.85. The van der Waals surface area contributed by atoms with E-state index in [2.05, 4.69) is 27.0 Å². The summed E-state index contributed by atoms with van der Waals surface area (Å²) in [7, 11) is 0. The number of rotatable bonds is 2. The second kappa shape index (κ2) is 5.68. The van der Waals surface area contributed by atoms with E-state index in [0.29, 0.717) is 5.69 Å². The van der Waals surface area contributed by atoms with E-state index in [-0.39, 0.29) is 0 Å². The van der Waals surface area contributed by atoms with Gasteiger partial charge in [-0.1, -0.05) is 0 Å². The summed E-state index contributed by atoms with van der Waals surface area (Å²) in [5.74, 6) is 0. The molecule has 0 atom stereocenters. The van der Waals surface area contributed by atoms with E-state index in [4.69, 9.17) is 10.00 Å². The van der Waals surface area contributed by atoms with Crippen LogP contribution in [-0.4, -0.2) is 36.3 Å². The minimum Gasteiger partial charge on any atom is -0.378 e. The van der Waals surface area contributed by atoms with Gasteiger partial charge >= 0.3 is 0 Å². The molecule has 0 spiro atoms. The lowest BCUT2D eigenvalue weighted by Crippen LogP contribution is -2.36. The van der Waals surface area contributed by atoms with Crippen LogP contribution in [0.1, 0.15) is 5.69 Å². The minimum absolute atomic E-state index is 0.416. The lowest BCUT2D eigenvalue weighted by Gasteiger charge is -2.28. The van der Waals surface area contributed by atoms with Gasteiger partial charge in [-0.3, -0.25) is 4.98 Å². The van der Waals surface area contributed by atoms with Gasteiger partial charge in [-0.25, -0.2) is 4.98 Å². The van der Waals surface area contributed by atoms with Gasteiger partial charge in [0.2, 0.25) is 0 Å². The molecule has 1 aliphatic heterocycles. The Morgan fingerprint density at radius 2 is 2.00 bits per heavy atom. The summed E-state index contributed by atoms with van der Waals surface area (Å²) in [5.41, 5.74) is 3.45. The van der Waals surface area contributed by atoms with Crippen molar-refractivity contribution in [1.82, 2.24) is 9.97 Å². The van der Waals surface area contributed by atoms with E-state index < -0.39 is 0 Å². The molecule has 3 rings (SSSR count). The topological polar surface area (TPSA) is 62.0 Å². The highest BCUT2D eigenvalue weighted by Crippen LogP contribution is 2.24. The maximum absolute atomic E-state index is 8.92. The molecule has 1 fully saturated rings. The Kier molecular flexibility index (Phi) is 3.57. The summed E-state index contributed by atoms with van der Waals surface area (Å²) in [6, 6.07) is 7.82. The number of nitrogens with zero attached hydrogens (tertiary/aromatic N) is 4. The van der Waals surface area contributed by atoms with Gasteiger partial charge in [0.1, 0.15) is 11.8 Å². The Morgan fingerprint density at radius 3 is 2.80 bits per heavy atom. The molecule has 2 aromatic heterocycles. The molecule has 3 heterocycles. The number of nitriles is 1. The SMILES string of the molecule is N#Cc1cc(-c2cncc(N3CCOCC3)c2)ccn1. The average molecular weight is 266 g/mol. The predicted molar refractivity (Wildman–Crippen MR) is 75.2 cm³/mol. The number of anilines is 1. The summed E-state index contributed by atoms with van der Waals surface area (Å²) in [6.45, 7) is 3.26. The molecule has 5 nitrogen and oxygen atoms in total. The Labute approximate surface area is 117 Å². The van der Waals surface area contributed by atoms with Crippen LogP contribution >= 0.6 is 0 Å². The van der Waals surface area contributed by atoms with Crippen LogP contribution in [0.5, 0.6) is 0 Å². The van der Waals surface area contributed by atoms with Crippen molar-refractivity contribution in [3.05, 3.63) is 42.5 Å². The third-order valence-corrected chi connectivity index (χ3v) is 3.31. The molecule has 0 saturated carbocycles. The summed E-state index contributed by atoms with van der Waals surface area (Å²) < 4.78 is 5.36. The fourth-order valence-electron chi connectivity index (χ4n) is 2.25. The van der Waals surface area contributed by atoms with Crippen molar-refractivity contribution in [2.45, 2.75) is 0 Å². The Hall–Kier alpha value is -2.45. The van der Waals surface area contributed by atoms with Crippen LogP contribution in [0.25, 0.3) is 11.1 Å². The molecule has 0 aliphatic carbocycles. The number of hydrogen-bond donors (Lipinski definition) is 0. The number of hydrogen-bond acceptors (Lipinski definition) is 5. The van der Waals surface area contributed by atoms with E-state index in [1.54, 1.807) is 18.5 Å². The molecule has 0 bridgehead atoms. The first-order chi connectivity index (χ1) is 9.86. The zero-order chi connectivity index (χ0) is 13.8. The van der Waals surface area contributed by atoms with Crippen molar-refractivity contribution < 1.29 is 4.74 Å². The third kappa shape index (κ3) is 2.60. The lowest BCUT2D eigenvalue weighted by molar-refractivity contribution is 0.122. The first kappa shape index (κ1) is 12.6. The van der Waals surface area contributed by atoms with Crippen LogP contribution in [-0.2, 0) is 4.74 Å². The Bertz CT molecular complexity index is 644. The Balaban J connectivity index is 1.92. The largest absolute Gasteiger partial charge is 0.378 e. The van der Waals surface area contributed by atoms with E-state index in [9.17, 15) is 0 Å². The highest BCUT2D eigenvalue weighted by atomic mass is 16.5. The zero-order valence-electron chi connectivity index (χ0n) is 11.0. The molecule has 5 heteroatoms. The fourth-order valence-corrected chi connectivity index (χ4v) is 2.25. The van der Waals surface area contributed by atoms with Gasteiger partial charge in [0, 0.05) is 31.0 Å². The number of aromatic nitrogens is 2. The molecule has 20 heavy (non-hydrogen) atoms. The summed E-state index contributed by atoms with van der Waals surface area (Å²) >= 11 is 0. The van der Waals surface area contributed by atoms with Gasteiger partial charge in [0.05, 0.1) is 25.1 Å². The van der Waals surface area contributed by atoms with Crippen LogP contribution in [0.3, 0.4) is 0 Å². The van der Waals surface area contributed by atoms with E-state index >= 15 is 0 Å². The third-order valence-electron chi connectivity index (χ3n) is 3.31. The van der Waals surface area contributed by atoms with E-state index in [1.165, 1.54) is 0 Å². The van der Waals surface area contributed by atoms with Crippen LogP contribution < -0.4 is 4.90 Å². The van der Waals surface area contributed by atoms with Gasteiger partial charge < -0.3 is 9.64 Å². The molecule has 0 N–H and O–H groups in total. The van der Waals surface area contributed by atoms with Crippen molar-refractivity contribution >= 4 is 5.69 Å². The first-order valence-corrected chi connectivity index (χ1v) is 6.51. The second-order valence-electron chi connectivity index (χ2n) is 4.57. The maximum Gasteiger partial charge on any atom is 0.141 e. The summed E-state index contributed by atoms with van der Waals surface area (Å²) in [4.78, 5) is 10.5. The average Bonchev–Trinajstić information content (AvgIpc) is 2.56. The van der Waals surface area contributed by atoms with Crippen molar-refractivity contribution in [2.75, 3.05) is 31.2 Å². The summed E-state index contributed by atoms with van der Waals surface area (Å²) in [5, 5.41) is 8.92. The van der Waals surface area contributed by atoms with Gasteiger partial charge in [-0.2, -0.15) is 5.26 Å². The molecule has 0 aromatic carbocycles. The van der Waals surface area contributed by atoms with Crippen LogP contribution in [0.15, 0.2) is 36.8 Å². The van der Waals surface area contributed by atoms with Crippen molar-refractivity contribution in [2.24, 2.45) is 0 Å². The highest BCUT2D eigenvalue weighted by Gasteiger charge is 2.12. The second-order valence-corrected chi connectivity index (χ2v) is 4.57. The van der Waals surface area contributed by atoms with Crippen LogP contribution in [0.4, 0.5) is 5.69 Å². The monoisotopic (exact) mass is 266 g/mol. The molecule has 1 aliphatic rings. The first-order valence-electron chi connectivity index (χ1n) is 6.51. The van der Waals surface area contributed by atoms with Gasteiger partial charge in [0.25, 0.3) is 0 Å². The molecule has 0 radical (unpaired) electrons. The van der Waals surface area contributed by atoms with Crippen molar-refractivity contribution in [3.63, 3.8) is 0 Å². The normalized spacial score (nSPS) is 14.8. The minimum atomic E-state index is 0.416. The van der Waals surface area contributed by atoms with Gasteiger partial charge in [-0.15, -0.1) is 0 Å². The number of pyridine rings is 2. The fraction of sp³-hybridized carbons (Fsp3) is 0.267. The molecular formula is C15H14N4O. The van der Waals surface area contributed by atoms with Gasteiger partial charge in [-0.05, 0) is 23.8 Å². The Morgan fingerprint density at radius 1 is 1.15 bits per heavy atom. The number of morpholine rings is 1. The van der Waals surface area contributed by atoms with Crippen molar-refractivity contribution in [1.29, 1.82) is 5.26 Å². The number of ether oxygens (including phenoxy) is 1. The molecule has 2 aromatic rings. The van der Waals surface area contributed by atoms with Gasteiger partial charge in [0.15, 0.2) is 0 Å². The molecule has 0 unspecified atom stereocenters. The molecule has 100 valence electrons. The van der Waals surface area contributed by atoms with E-state index in [1.807, 2.05) is 12.3 Å². The summed E-state index contributed by atoms with van der Waals surface area (Å²) in [6.07, 6.45) is 5.32. The lowest BCUT2D eigenvalue weighted by atomic mass is 10.1. The van der Waals surface area contributed by atoms with Crippen LogP contribution in [0.2, 0.25) is 0 Å². The highest BCUT2D eigenvalue weighted by molar-refractivity contribution is 5.67. The smallest absolute Gasteiger partial charge is 0.141 e. The zero-order valence-corrected chi connectivity index (χ0v) is 11.0. The van der Waals surface area contributed by atoms with Crippen molar-refractivity contribution in [3.8, 4) is 17.2 Å². The molecular weight excluding hydrogens is 252 g/mol.